The molecule has 8 aliphatic carbocycles. The van der Waals surface area contributed by atoms with Gasteiger partial charge in [0.05, 0.1) is 48.3 Å². The van der Waals surface area contributed by atoms with Crippen LogP contribution >= 0.6 is 11.5 Å². The van der Waals surface area contributed by atoms with Crippen LogP contribution in [0.2, 0.25) is 0 Å². The first-order valence-corrected chi connectivity index (χ1v) is 37.4. The van der Waals surface area contributed by atoms with Crippen LogP contribution in [0.4, 0.5) is 0 Å². The van der Waals surface area contributed by atoms with Gasteiger partial charge in [-0.2, -0.15) is 4.37 Å². The summed E-state index contributed by atoms with van der Waals surface area (Å²) in [6.07, 6.45) is 42.1. The summed E-state index contributed by atoms with van der Waals surface area (Å²) in [4.78, 5) is 12.2. The molecule has 9 aromatic heterocycles. The van der Waals surface area contributed by atoms with Gasteiger partial charge in [0, 0.05) is 106 Å². The minimum Gasteiger partial charge on any atom is -0.364 e. The molecule has 8 aliphatic rings. The highest BCUT2D eigenvalue weighted by atomic mass is 32.1. The SMILES string of the molecule is CC(C)c1cncn1C1CC1.CC(C)c1nncn1C1CC1.CC(C)c1nocc1C1CC1.CC(C)c1nocc1C1CC1.CC(C)c1nscc1C1CC1.CC(C)c1oncc1C1CC1.CC(C)n1ccnc1.CC(C)n1cncc1C1CC1.CC(C)n1nnnc1C1CC1. The maximum Gasteiger partial charge on any atom is 0.154 e. The van der Waals surface area contributed by atoms with Crippen LogP contribution in [-0.2, 0) is 0 Å². The van der Waals surface area contributed by atoms with E-state index in [2.05, 4.69) is 209 Å². The lowest BCUT2D eigenvalue weighted by molar-refractivity contribution is 0.369. The molecule has 0 radical (unpaired) electrons. The normalized spacial score (nSPS) is 17.1. The van der Waals surface area contributed by atoms with Crippen LogP contribution in [-0.4, -0.2) is 83.5 Å². The average Bonchev–Trinajstić information content (AvgIpc) is 1.92. The van der Waals surface area contributed by atoms with Gasteiger partial charge in [-0.25, -0.2) is 19.6 Å². The number of hydrogen-bond donors (Lipinski definition) is 0. The molecular weight excluding hydrogens is 1220 g/mol. The van der Waals surface area contributed by atoms with E-state index < -0.39 is 0 Å². The Labute approximate surface area is 576 Å². The summed E-state index contributed by atoms with van der Waals surface area (Å²) in [5.74, 6) is 11.1. The van der Waals surface area contributed by atoms with Crippen LogP contribution in [0.15, 0.2) is 87.8 Å². The minimum atomic E-state index is 0.389. The fourth-order valence-corrected chi connectivity index (χ4v) is 12.4. The molecule has 9 aromatic rings. The van der Waals surface area contributed by atoms with Gasteiger partial charge in [-0.15, -0.1) is 15.3 Å². The van der Waals surface area contributed by atoms with Crippen molar-refractivity contribution in [3.05, 3.63) is 142 Å². The lowest BCUT2D eigenvalue weighted by atomic mass is 10.0. The number of tetrazole rings is 1. The van der Waals surface area contributed by atoms with Crippen LogP contribution < -0.4 is 0 Å². The Morgan fingerprint density at radius 1 is 0.458 bits per heavy atom. The Balaban J connectivity index is 0.000000127. The van der Waals surface area contributed by atoms with E-state index in [1.165, 1.54) is 142 Å². The second kappa shape index (κ2) is 34.5. The molecule has 8 saturated carbocycles. The highest BCUT2D eigenvalue weighted by Crippen LogP contribution is 2.47. The Kier molecular flexibility index (Phi) is 26.4. The van der Waals surface area contributed by atoms with E-state index >= 15 is 0 Å². The van der Waals surface area contributed by atoms with Crippen LogP contribution in [0.25, 0.3) is 0 Å². The van der Waals surface area contributed by atoms with Crippen molar-refractivity contribution in [2.45, 2.75) is 329 Å². The number of aromatic nitrogens is 17. The van der Waals surface area contributed by atoms with E-state index in [1.807, 2.05) is 67.3 Å². The van der Waals surface area contributed by atoms with E-state index in [1.54, 1.807) is 17.7 Å². The second-order valence-corrected chi connectivity index (χ2v) is 31.1. The maximum atomic E-state index is 5.18. The lowest BCUT2D eigenvalue weighted by Crippen LogP contribution is -2.07. The van der Waals surface area contributed by atoms with Gasteiger partial charge >= 0.3 is 0 Å². The summed E-state index contributed by atoms with van der Waals surface area (Å²) in [7, 11) is 0. The molecule has 0 N–H and O–H groups in total. The second-order valence-electron chi connectivity index (χ2n) is 30.5. The smallest absolute Gasteiger partial charge is 0.154 e. The first-order chi connectivity index (χ1) is 46.1. The Morgan fingerprint density at radius 2 is 1.00 bits per heavy atom. The van der Waals surface area contributed by atoms with E-state index in [4.69, 9.17) is 13.6 Å². The number of imidazole rings is 3. The zero-order valence-corrected chi connectivity index (χ0v) is 62.1. The molecule has 0 unspecified atom stereocenters. The van der Waals surface area contributed by atoms with E-state index in [-0.39, 0.29) is 0 Å². The van der Waals surface area contributed by atoms with Gasteiger partial charge in [-0.05, 0) is 219 Å². The fraction of sp³-hybridized carbons (Fsp3) is 0.680. The van der Waals surface area contributed by atoms with Gasteiger partial charge in [-0.3, -0.25) is 0 Å². The van der Waals surface area contributed by atoms with Gasteiger partial charge in [0.15, 0.2) is 5.82 Å². The third kappa shape index (κ3) is 21.8. The largest absolute Gasteiger partial charge is 0.364 e. The topological polar surface area (TPSA) is 219 Å². The molecule has 0 aromatic carbocycles. The van der Waals surface area contributed by atoms with Gasteiger partial charge in [-0.1, -0.05) is 98.6 Å². The van der Waals surface area contributed by atoms with E-state index in [9.17, 15) is 0 Å². The molecule has 524 valence electrons. The molecule has 0 atom stereocenters. The van der Waals surface area contributed by atoms with Gasteiger partial charge in [0.25, 0.3) is 0 Å². The van der Waals surface area contributed by atoms with Crippen LogP contribution in [0.5, 0.6) is 0 Å². The molecule has 20 nitrogen and oxygen atoms in total. The Bertz CT molecular complexity index is 2840. The number of nitrogens with zero attached hydrogens (tertiary/aromatic N) is 17. The van der Waals surface area contributed by atoms with Crippen molar-refractivity contribution in [2.75, 3.05) is 0 Å². The summed E-state index contributed by atoms with van der Waals surface area (Å²) in [5, 5.41) is 33.7. The summed E-state index contributed by atoms with van der Waals surface area (Å²) in [6, 6.07) is 2.98. The van der Waals surface area contributed by atoms with Crippen molar-refractivity contribution in [1.29, 1.82) is 0 Å². The molecule has 96 heavy (non-hydrogen) atoms. The lowest BCUT2D eigenvalue weighted by Gasteiger charge is -2.10. The van der Waals surface area contributed by atoms with Gasteiger partial charge in [0.1, 0.15) is 30.4 Å². The highest BCUT2D eigenvalue weighted by molar-refractivity contribution is 7.03. The zero-order chi connectivity index (χ0) is 68.7. The third-order valence-corrected chi connectivity index (χ3v) is 19.0. The van der Waals surface area contributed by atoms with Crippen molar-refractivity contribution >= 4 is 11.5 Å². The minimum absolute atomic E-state index is 0.389. The molecule has 21 heteroatoms. The summed E-state index contributed by atoms with van der Waals surface area (Å²) >= 11 is 1.61. The Morgan fingerprint density at radius 3 is 1.46 bits per heavy atom. The predicted octanol–water partition coefficient (Wildman–Crippen LogP) is 20.2. The molecule has 17 rings (SSSR count). The molecule has 0 aliphatic heterocycles. The highest BCUT2D eigenvalue weighted by Gasteiger charge is 2.34. The average molecular weight is 1330 g/mol. The number of hydrogen-bond acceptors (Lipinski definition) is 16. The first kappa shape index (κ1) is 73.3. The van der Waals surface area contributed by atoms with Crippen molar-refractivity contribution in [1.82, 2.24) is 83.5 Å². The van der Waals surface area contributed by atoms with Crippen LogP contribution in [0.3, 0.4) is 0 Å². The molecular formula is C75H115N17O3S. The predicted molar refractivity (Wildman–Crippen MR) is 380 cm³/mol. The number of rotatable bonds is 17. The van der Waals surface area contributed by atoms with E-state index in [0.29, 0.717) is 65.6 Å². The van der Waals surface area contributed by atoms with Gasteiger partial charge in [0.2, 0.25) is 0 Å². The molecule has 0 spiro atoms. The molecule has 9 heterocycles. The Hall–Kier alpha value is -6.90. The zero-order valence-electron chi connectivity index (χ0n) is 61.3. The van der Waals surface area contributed by atoms with Crippen LogP contribution in [0, 0.1) is 0 Å². The maximum absolute atomic E-state index is 5.18. The first-order valence-electron chi connectivity index (χ1n) is 36.6. The van der Waals surface area contributed by atoms with Crippen molar-refractivity contribution in [3.63, 3.8) is 0 Å². The van der Waals surface area contributed by atoms with Gasteiger partial charge < -0.3 is 31.8 Å². The summed E-state index contributed by atoms with van der Waals surface area (Å²) in [5.41, 5.74) is 12.1. The summed E-state index contributed by atoms with van der Waals surface area (Å²) < 4.78 is 30.3. The third-order valence-electron chi connectivity index (χ3n) is 18.3. The molecule has 0 saturated heterocycles. The van der Waals surface area contributed by atoms with Crippen molar-refractivity contribution in [3.8, 4) is 0 Å². The standard InChI is InChI=1S/2C9H14N2.3C9H13NO.C9H13NS.C8H13N3.C7H12N4.C6H10N2/c1-7(2)11-6-10-5-9(11)8-3-4-8;1-7(2)9-5-10-6-11(9)8-3-4-8;2*1-6(2)9-8(5-11-10-9)7-3-4-7;1-6(2)9-8(5-10-11-9)7-3-4-7;1-6(2)9-8(5-11-10-9)7-3-4-7;1-6(2)8-10-9-5-11(8)7-3-4-7;1-5(2)11-7(6-3-4-6)8-9-10-11;1-6(2)8-4-3-7-5-8/h2*5-8H,3-4H2,1-2H3;5*5-7H,3-4H2,1-2H3;5-6H,3-4H2,1-2H3;3-6H,1-2H3. The quantitative estimate of drug-likeness (QED) is 0.0828. The summed E-state index contributed by atoms with van der Waals surface area (Å²) in [6.45, 7) is 39.0. The fourth-order valence-electron chi connectivity index (χ4n) is 11.5. The monoisotopic (exact) mass is 1330 g/mol. The molecule has 8 fully saturated rings. The molecule has 0 amide bonds. The molecule has 0 bridgehead atoms. The van der Waals surface area contributed by atoms with Crippen LogP contribution in [0.1, 0.15) is 397 Å². The van der Waals surface area contributed by atoms with Crippen molar-refractivity contribution < 1.29 is 13.6 Å². The van der Waals surface area contributed by atoms with Crippen molar-refractivity contribution in [2.24, 2.45) is 0 Å². The van der Waals surface area contributed by atoms with E-state index in [0.717, 1.165) is 64.4 Å².